The van der Waals surface area contributed by atoms with Gasteiger partial charge in [0.05, 0.1) is 5.52 Å². The van der Waals surface area contributed by atoms with Crippen LogP contribution in [-0.2, 0) is 7.05 Å². The molecule has 1 N–H and O–H groups in total. The Labute approximate surface area is 75.2 Å². The van der Waals surface area contributed by atoms with E-state index in [2.05, 4.69) is 0 Å². The highest BCUT2D eigenvalue weighted by Crippen LogP contribution is 2.25. The average molecular weight is 179 g/mol. The number of aryl methyl sites for hydroxylation is 2. The number of hydrogen-bond donors (Lipinski definition) is 1. The Kier molecular flexibility index (Phi) is 1.55. The summed E-state index contributed by atoms with van der Waals surface area (Å²) in [5.41, 5.74) is 1.51. The highest BCUT2D eigenvalue weighted by atomic mass is 19.1. The quantitative estimate of drug-likeness (QED) is 0.659. The molecule has 13 heavy (non-hydrogen) atoms. The van der Waals surface area contributed by atoms with E-state index in [0.717, 1.165) is 17.1 Å². The Morgan fingerprint density at radius 2 is 2.00 bits per heavy atom. The van der Waals surface area contributed by atoms with E-state index in [9.17, 15) is 4.39 Å². The number of phenolic OH excluding ortho intramolecular Hbond substituents is 1. The van der Waals surface area contributed by atoms with E-state index in [1.165, 1.54) is 0 Å². The molecule has 0 spiro atoms. The third-order valence-corrected chi connectivity index (χ3v) is 2.31. The summed E-state index contributed by atoms with van der Waals surface area (Å²) in [6.07, 6.45) is 0. The van der Waals surface area contributed by atoms with Gasteiger partial charge >= 0.3 is 0 Å². The first-order valence-electron chi connectivity index (χ1n) is 4.04. The summed E-state index contributed by atoms with van der Waals surface area (Å²) in [5, 5.41) is 9.90. The maximum absolute atomic E-state index is 13.3. The molecule has 2 nitrogen and oxygen atoms in total. The van der Waals surface area contributed by atoms with E-state index >= 15 is 0 Å². The van der Waals surface area contributed by atoms with Crippen LogP contribution in [0, 0.1) is 12.7 Å². The minimum Gasteiger partial charge on any atom is -0.508 e. The molecule has 0 unspecified atom stereocenters. The number of nitrogens with zero attached hydrogens (tertiary/aromatic N) is 1. The van der Waals surface area contributed by atoms with Gasteiger partial charge in [-0.3, -0.25) is 0 Å². The molecular weight excluding hydrogens is 169 g/mol. The molecule has 0 radical (unpaired) electrons. The summed E-state index contributed by atoms with van der Waals surface area (Å²) < 4.78 is 15.1. The molecule has 0 aliphatic heterocycles. The third-order valence-electron chi connectivity index (χ3n) is 2.31. The zero-order valence-electron chi connectivity index (χ0n) is 7.50. The summed E-state index contributed by atoms with van der Waals surface area (Å²) in [5.74, 6) is -0.416. The molecule has 0 saturated carbocycles. The topological polar surface area (TPSA) is 25.2 Å². The van der Waals surface area contributed by atoms with Crippen molar-refractivity contribution in [3.8, 4) is 5.75 Å². The Hall–Kier alpha value is -1.51. The second-order valence-electron chi connectivity index (χ2n) is 3.21. The fraction of sp³-hybridized carbons (Fsp3) is 0.200. The van der Waals surface area contributed by atoms with Crippen molar-refractivity contribution in [3.05, 3.63) is 29.7 Å². The molecule has 3 heteroatoms. The van der Waals surface area contributed by atoms with Crippen LogP contribution in [-0.4, -0.2) is 9.67 Å². The highest BCUT2D eigenvalue weighted by molar-refractivity contribution is 5.83. The van der Waals surface area contributed by atoms with Crippen LogP contribution in [0.1, 0.15) is 5.69 Å². The zero-order valence-corrected chi connectivity index (χ0v) is 7.50. The number of benzene rings is 1. The predicted octanol–water partition coefficient (Wildman–Crippen LogP) is 2.33. The second-order valence-corrected chi connectivity index (χ2v) is 3.21. The molecule has 1 aromatic heterocycles. The van der Waals surface area contributed by atoms with Crippen molar-refractivity contribution in [3.63, 3.8) is 0 Å². The summed E-state index contributed by atoms with van der Waals surface area (Å²) in [6, 6.07) is 4.53. The van der Waals surface area contributed by atoms with E-state index < -0.39 is 0 Å². The van der Waals surface area contributed by atoms with Gasteiger partial charge in [-0.25, -0.2) is 4.39 Å². The Morgan fingerprint density at radius 3 is 2.69 bits per heavy atom. The summed E-state index contributed by atoms with van der Waals surface area (Å²) in [7, 11) is 1.80. The number of rotatable bonds is 0. The van der Waals surface area contributed by atoms with Gasteiger partial charge in [0.25, 0.3) is 0 Å². The molecule has 2 aromatic rings. The maximum Gasteiger partial charge on any atom is 0.151 e. The number of hydrogen-bond acceptors (Lipinski definition) is 1. The normalized spacial score (nSPS) is 11.0. The van der Waals surface area contributed by atoms with Gasteiger partial charge in [0, 0.05) is 24.2 Å². The van der Waals surface area contributed by atoms with Crippen molar-refractivity contribution in [2.75, 3.05) is 0 Å². The lowest BCUT2D eigenvalue weighted by Gasteiger charge is -2.00. The molecule has 0 fully saturated rings. The van der Waals surface area contributed by atoms with Crippen LogP contribution in [0.25, 0.3) is 10.9 Å². The standard InChI is InChI=1S/C10H10FNO/c1-6-3-7-4-8(13)5-9(11)10(7)12(6)2/h3-5,13H,1-2H3. The molecule has 0 atom stereocenters. The molecule has 68 valence electrons. The minimum absolute atomic E-state index is 0.0319. The summed E-state index contributed by atoms with van der Waals surface area (Å²) in [6.45, 7) is 1.90. The van der Waals surface area contributed by atoms with E-state index in [1.807, 2.05) is 13.0 Å². The van der Waals surface area contributed by atoms with Crippen LogP contribution in [0.3, 0.4) is 0 Å². The van der Waals surface area contributed by atoms with Crippen molar-refractivity contribution in [1.29, 1.82) is 0 Å². The minimum atomic E-state index is -0.384. The molecule has 0 aliphatic rings. The van der Waals surface area contributed by atoms with Crippen molar-refractivity contribution in [2.45, 2.75) is 6.92 Å². The van der Waals surface area contributed by atoms with Gasteiger partial charge in [0.15, 0.2) is 5.82 Å². The summed E-state index contributed by atoms with van der Waals surface area (Å²) in [4.78, 5) is 0. The largest absolute Gasteiger partial charge is 0.508 e. The van der Waals surface area contributed by atoms with Crippen molar-refractivity contribution >= 4 is 10.9 Å². The first-order chi connectivity index (χ1) is 6.09. The van der Waals surface area contributed by atoms with Crippen LogP contribution in [0.4, 0.5) is 4.39 Å². The average Bonchev–Trinajstić information content (AvgIpc) is 2.27. The Morgan fingerprint density at radius 1 is 1.31 bits per heavy atom. The Balaban J connectivity index is 2.94. The molecule has 1 aromatic carbocycles. The van der Waals surface area contributed by atoms with Crippen molar-refractivity contribution in [1.82, 2.24) is 4.57 Å². The number of aromatic nitrogens is 1. The highest BCUT2D eigenvalue weighted by Gasteiger charge is 2.08. The van der Waals surface area contributed by atoms with Gasteiger partial charge in [-0.2, -0.15) is 0 Å². The van der Waals surface area contributed by atoms with Crippen LogP contribution < -0.4 is 0 Å². The van der Waals surface area contributed by atoms with E-state index in [1.54, 1.807) is 17.7 Å². The van der Waals surface area contributed by atoms with Gasteiger partial charge < -0.3 is 9.67 Å². The number of aromatic hydroxyl groups is 1. The fourth-order valence-corrected chi connectivity index (χ4v) is 1.57. The van der Waals surface area contributed by atoms with Crippen LogP contribution in [0.15, 0.2) is 18.2 Å². The maximum atomic E-state index is 13.3. The van der Waals surface area contributed by atoms with Gasteiger partial charge in [-0.1, -0.05) is 0 Å². The van der Waals surface area contributed by atoms with Gasteiger partial charge in [-0.15, -0.1) is 0 Å². The van der Waals surface area contributed by atoms with Crippen LogP contribution in [0.2, 0.25) is 0 Å². The van der Waals surface area contributed by atoms with Crippen molar-refractivity contribution in [2.24, 2.45) is 7.05 Å². The molecule has 0 bridgehead atoms. The van der Waals surface area contributed by atoms with Crippen LogP contribution in [0.5, 0.6) is 5.75 Å². The lowest BCUT2D eigenvalue weighted by Crippen LogP contribution is -1.91. The lowest BCUT2D eigenvalue weighted by molar-refractivity contribution is 0.470. The SMILES string of the molecule is Cc1cc2cc(O)cc(F)c2n1C. The monoisotopic (exact) mass is 179 g/mol. The molecule has 0 saturated heterocycles. The van der Waals surface area contributed by atoms with Gasteiger partial charge in [0.1, 0.15) is 5.75 Å². The van der Waals surface area contributed by atoms with Crippen molar-refractivity contribution < 1.29 is 9.50 Å². The second kappa shape index (κ2) is 2.49. The third kappa shape index (κ3) is 1.08. The predicted molar refractivity (Wildman–Crippen MR) is 49.3 cm³/mol. The Bertz CT molecular complexity index is 473. The zero-order chi connectivity index (χ0) is 9.59. The van der Waals surface area contributed by atoms with E-state index in [0.29, 0.717) is 5.52 Å². The molecule has 2 rings (SSSR count). The number of phenols is 1. The lowest BCUT2D eigenvalue weighted by atomic mass is 10.2. The number of halogens is 1. The molecule has 0 aliphatic carbocycles. The van der Waals surface area contributed by atoms with E-state index in [-0.39, 0.29) is 11.6 Å². The first-order valence-corrected chi connectivity index (χ1v) is 4.04. The molecular formula is C10H10FNO. The fourth-order valence-electron chi connectivity index (χ4n) is 1.57. The van der Waals surface area contributed by atoms with Gasteiger partial charge in [-0.05, 0) is 19.1 Å². The molecule has 1 heterocycles. The molecule has 0 amide bonds. The smallest absolute Gasteiger partial charge is 0.151 e. The first kappa shape index (κ1) is 8.10. The van der Waals surface area contributed by atoms with E-state index in [4.69, 9.17) is 5.11 Å². The van der Waals surface area contributed by atoms with Crippen LogP contribution >= 0.6 is 0 Å². The summed E-state index contributed by atoms with van der Waals surface area (Å²) >= 11 is 0. The number of fused-ring (bicyclic) bond motifs is 1. The van der Waals surface area contributed by atoms with Gasteiger partial charge in [0.2, 0.25) is 0 Å².